The van der Waals surface area contributed by atoms with Gasteiger partial charge in [-0.1, -0.05) is 40.9 Å². The van der Waals surface area contributed by atoms with E-state index in [0.717, 1.165) is 16.0 Å². The highest BCUT2D eigenvalue weighted by molar-refractivity contribution is 9.10. The smallest absolute Gasteiger partial charge is 0.0485 e. The van der Waals surface area contributed by atoms with Crippen LogP contribution in [0.1, 0.15) is 44.2 Å². The molecular weight excluding hydrogens is 324 g/mol. The maximum Gasteiger partial charge on any atom is 0.0485 e. The number of hydrogen-bond acceptors (Lipinski definition) is 2. The second-order valence-electron chi connectivity index (χ2n) is 5.21. The van der Waals surface area contributed by atoms with Gasteiger partial charge in [0.05, 0.1) is 0 Å². The maximum absolute atomic E-state index is 6.15. The van der Waals surface area contributed by atoms with Crippen molar-refractivity contribution in [3.63, 3.8) is 0 Å². The van der Waals surface area contributed by atoms with Gasteiger partial charge in [0.2, 0.25) is 0 Å². The number of nitrogens with two attached hydrogens (primary N) is 1. The molecule has 0 aromatic heterocycles. The summed E-state index contributed by atoms with van der Waals surface area (Å²) in [6, 6.07) is 6.89. The molecule has 1 heterocycles. The van der Waals surface area contributed by atoms with Crippen LogP contribution in [-0.2, 0) is 0 Å². The average Bonchev–Trinajstić information content (AvgIpc) is 2.44. The zero-order chi connectivity index (χ0) is 13.8. The lowest BCUT2D eigenvalue weighted by Crippen LogP contribution is -2.44. The van der Waals surface area contributed by atoms with E-state index in [-0.39, 0.29) is 6.04 Å². The van der Waals surface area contributed by atoms with Crippen molar-refractivity contribution in [2.24, 2.45) is 5.73 Å². The molecule has 0 saturated carbocycles. The second-order valence-corrected chi connectivity index (χ2v) is 6.50. The molecule has 2 atom stereocenters. The molecule has 19 heavy (non-hydrogen) atoms. The molecule has 1 aromatic carbocycles. The van der Waals surface area contributed by atoms with E-state index in [0.29, 0.717) is 12.6 Å². The van der Waals surface area contributed by atoms with Crippen LogP contribution in [0, 0.1) is 0 Å². The lowest BCUT2D eigenvalue weighted by atomic mass is 9.95. The summed E-state index contributed by atoms with van der Waals surface area (Å²) >= 11 is 9.79. The number of hydrogen-bond donors (Lipinski definition) is 1. The predicted octanol–water partition coefficient (Wildman–Crippen LogP) is 4.37. The second kappa shape index (κ2) is 7.07. The Labute approximate surface area is 129 Å². The van der Waals surface area contributed by atoms with Crippen molar-refractivity contribution in [2.45, 2.75) is 44.7 Å². The molecule has 1 aliphatic heterocycles. The normalized spacial score (nSPS) is 22.4. The van der Waals surface area contributed by atoms with E-state index in [9.17, 15) is 0 Å². The first-order valence-corrected chi connectivity index (χ1v) is 8.25. The molecule has 0 spiro atoms. The molecule has 1 fully saturated rings. The van der Waals surface area contributed by atoms with E-state index in [4.69, 9.17) is 17.3 Å². The molecule has 2 unspecified atom stereocenters. The standard InChI is InChI=1S/C15H22BrClN2/c1-2-12-5-3-4-8-19(12)15(10-18)13-9-11(17)6-7-14(13)16/h6-7,9,12,15H,2-5,8,10,18H2,1H3. The number of likely N-dealkylation sites (tertiary alicyclic amines) is 1. The Kier molecular flexibility index (Phi) is 5.70. The number of nitrogens with zero attached hydrogens (tertiary/aromatic N) is 1. The van der Waals surface area contributed by atoms with Gasteiger partial charge in [-0.05, 0) is 49.6 Å². The zero-order valence-corrected chi connectivity index (χ0v) is 13.8. The average molecular weight is 346 g/mol. The minimum Gasteiger partial charge on any atom is -0.329 e. The fourth-order valence-corrected chi connectivity index (χ4v) is 3.77. The molecule has 0 bridgehead atoms. The molecule has 106 valence electrons. The minimum absolute atomic E-state index is 0.262. The third-order valence-electron chi connectivity index (χ3n) is 4.08. The van der Waals surface area contributed by atoms with E-state index < -0.39 is 0 Å². The first-order chi connectivity index (χ1) is 9.17. The van der Waals surface area contributed by atoms with Crippen molar-refractivity contribution in [2.75, 3.05) is 13.1 Å². The summed E-state index contributed by atoms with van der Waals surface area (Å²) in [7, 11) is 0. The molecule has 1 aromatic rings. The Balaban J connectivity index is 2.29. The Morgan fingerprint density at radius 1 is 1.47 bits per heavy atom. The van der Waals surface area contributed by atoms with Gasteiger partial charge in [0, 0.05) is 28.1 Å². The molecule has 0 amide bonds. The highest BCUT2D eigenvalue weighted by Gasteiger charge is 2.29. The molecule has 1 aliphatic rings. The predicted molar refractivity (Wildman–Crippen MR) is 85.6 cm³/mol. The summed E-state index contributed by atoms with van der Waals surface area (Å²) < 4.78 is 1.10. The van der Waals surface area contributed by atoms with E-state index in [1.54, 1.807) is 0 Å². The monoisotopic (exact) mass is 344 g/mol. The van der Waals surface area contributed by atoms with Gasteiger partial charge < -0.3 is 5.73 Å². The fraction of sp³-hybridized carbons (Fsp3) is 0.600. The molecule has 2 rings (SSSR count). The Morgan fingerprint density at radius 2 is 2.26 bits per heavy atom. The third kappa shape index (κ3) is 3.52. The lowest BCUT2D eigenvalue weighted by molar-refractivity contribution is 0.0946. The summed E-state index contributed by atoms with van der Waals surface area (Å²) in [5.41, 5.74) is 7.28. The quantitative estimate of drug-likeness (QED) is 0.878. The minimum atomic E-state index is 0.262. The van der Waals surface area contributed by atoms with E-state index in [1.165, 1.54) is 31.2 Å². The van der Waals surface area contributed by atoms with Crippen molar-refractivity contribution in [1.82, 2.24) is 4.90 Å². The van der Waals surface area contributed by atoms with E-state index in [2.05, 4.69) is 27.8 Å². The summed E-state index contributed by atoms with van der Waals surface area (Å²) in [4.78, 5) is 2.57. The first kappa shape index (κ1) is 15.3. The Hall–Kier alpha value is -0.0900. The van der Waals surface area contributed by atoms with Crippen LogP contribution in [0.3, 0.4) is 0 Å². The van der Waals surface area contributed by atoms with Crippen LogP contribution in [-0.4, -0.2) is 24.0 Å². The summed E-state index contributed by atoms with van der Waals surface area (Å²) in [5, 5.41) is 0.779. The van der Waals surface area contributed by atoms with Crippen LogP contribution in [0.4, 0.5) is 0 Å². The van der Waals surface area contributed by atoms with Gasteiger partial charge in [-0.2, -0.15) is 0 Å². The van der Waals surface area contributed by atoms with Gasteiger partial charge in [0.15, 0.2) is 0 Å². The van der Waals surface area contributed by atoms with Gasteiger partial charge in [-0.3, -0.25) is 4.90 Å². The number of piperidine rings is 1. The Morgan fingerprint density at radius 3 is 2.95 bits per heavy atom. The van der Waals surface area contributed by atoms with Crippen LogP contribution in [0.15, 0.2) is 22.7 Å². The Bertz CT molecular complexity index is 425. The molecule has 1 saturated heterocycles. The SMILES string of the molecule is CCC1CCCCN1C(CN)c1cc(Cl)ccc1Br. The van der Waals surface area contributed by atoms with Crippen LogP contribution < -0.4 is 5.73 Å². The first-order valence-electron chi connectivity index (χ1n) is 7.08. The molecule has 2 nitrogen and oxygen atoms in total. The van der Waals surface area contributed by atoms with Gasteiger partial charge in [-0.15, -0.1) is 0 Å². The molecule has 2 N–H and O–H groups in total. The van der Waals surface area contributed by atoms with Crippen molar-refractivity contribution in [1.29, 1.82) is 0 Å². The number of halogens is 2. The van der Waals surface area contributed by atoms with Crippen LogP contribution in [0.2, 0.25) is 5.02 Å². The van der Waals surface area contributed by atoms with Crippen LogP contribution >= 0.6 is 27.5 Å². The van der Waals surface area contributed by atoms with Crippen LogP contribution in [0.5, 0.6) is 0 Å². The molecule has 0 aliphatic carbocycles. The zero-order valence-electron chi connectivity index (χ0n) is 11.4. The maximum atomic E-state index is 6.15. The lowest BCUT2D eigenvalue weighted by Gasteiger charge is -2.41. The van der Waals surface area contributed by atoms with Gasteiger partial charge >= 0.3 is 0 Å². The van der Waals surface area contributed by atoms with Gasteiger partial charge in [-0.25, -0.2) is 0 Å². The van der Waals surface area contributed by atoms with Crippen molar-refractivity contribution >= 4 is 27.5 Å². The summed E-state index contributed by atoms with van der Waals surface area (Å²) in [5.74, 6) is 0. The topological polar surface area (TPSA) is 29.3 Å². The highest BCUT2D eigenvalue weighted by atomic mass is 79.9. The van der Waals surface area contributed by atoms with Crippen molar-refractivity contribution < 1.29 is 0 Å². The molecule has 0 radical (unpaired) electrons. The number of benzene rings is 1. The fourth-order valence-electron chi connectivity index (χ4n) is 3.08. The van der Waals surface area contributed by atoms with Gasteiger partial charge in [0.1, 0.15) is 0 Å². The number of rotatable bonds is 4. The summed E-state index contributed by atoms with van der Waals surface area (Å²) in [6.45, 7) is 4.04. The van der Waals surface area contributed by atoms with Crippen molar-refractivity contribution in [3.8, 4) is 0 Å². The largest absolute Gasteiger partial charge is 0.329 e. The van der Waals surface area contributed by atoms with Gasteiger partial charge in [0.25, 0.3) is 0 Å². The third-order valence-corrected chi connectivity index (χ3v) is 5.04. The van der Waals surface area contributed by atoms with E-state index >= 15 is 0 Å². The molecule has 4 heteroatoms. The summed E-state index contributed by atoms with van der Waals surface area (Å²) in [6.07, 6.45) is 5.08. The van der Waals surface area contributed by atoms with Crippen molar-refractivity contribution in [3.05, 3.63) is 33.3 Å². The highest BCUT2D eigenvalue weighted by Crippen LogP contribution is 2.34. The van der Waals surface area contributed by atoms with E-state index in [1.807, 2.05) is 18.2 Å². The van der Waals surface area contributed by atoms with Crippen LogP contribution in [0.25, 0.3) is 0 Å². The molecular formula is C15H22BrClN2.